The highest BCUT2D eigenvalue weighted by Crippen LogP contribution is 2.34. The van der Waals surface area contributed by atoms with Gasteiger partial charge in [-0.3, -0.25) is 4.98 Å². The number of benzene rings is 1. The number of aliphatic hydroxyl groups is 1. The van der Waals surface area contributed by atoms with E-state index in [-0.39, 0.29) is 5.92 Å². The molecule has 0 aliphatic heterocycles. The van der Waals surface area contributed by atoms with Gasteiger partial charge in [0.25, 0.3) is 0 Å². The molecule has 1 heterocycles. The van der Waals surface area contributed by atoms with Crippen molar-refractivity contribution in [3.8, 4) is 0 Å². The number of nitrogens with zero attached hydrogens (tertiary/aromatic N) is 1. The van der Waals surface area contributed by atoms with Gasteiger partial charge in [-0.25, -0.2) is 0 Å². The van der Waals surface area contributed by atoms with Crippen molar-refractivity contribution < 1.29 is 5.11 Å². The van der Waals surface area contributed by atoms with Crippen LogP contribution in [0.25, 0.3) is 0 Å². The quantitative estimate of drug-likeness (QED) is 0.860. The van der Waals surface area contributed by atoms with E-state index < -0.39 is 6.10 Å². The van der Waals surface area contributed by atoms with Crippen LogP contribution in [0.4, 0.5) is 0 Å². The molecular weight excluding hydrogens is 258 g/mol. The average Bonchev–Trinajstić information content (AvgIpc) is 2.58. The van der Waals surface area contributed by atoms with E-state index in [1.165, 1.54) is 0 Å². The van der Waals surface area contributed by atoms with Gasteiger partial charge in [0.15, 0.2) is 0 Å². The maximum absolute atomic E-state index is 11.0. The molecule has 0 bridgehead atoms. The van der Waals surface area contributed by atoms with Crippen molar-refractivity contribution in [1.29, 1.82) is 0 Å². The third kappa shape index (κ3) is 3.22. The molecule has 108 valence electrons. The fourth-order valence-electron chi connectivity index (χ4n) is 3.16. The Morgan fingerprint density at radius 2 is 1.81 bits per heavy atom. The first-order chi connectivity index (χ1) is 10.4. The van der Waals surface area contributed by atoms with Crippen molar-refractivity contribution >= 4 is 0 Å². The zero-order chi connectivity index (χ0) is 14.5. The van der Waals surface area contributed by atoms with E-state index in [2.05, 4.69) is 29.3 Å². The summed E-state index contributed by atoms with van der Waals surface area (Å²) in [6.07, 6.45) is 8.88. The van der Waals surface area contributed by atoms with E-state index in [1.54, 1.807) is 6.20 Å². The number of allylic oxidation sites excluding steroid dienone is 2. The van der Waals surface area contributed by atoms with Crippen LogP contribution < -0.4 is 0 Å². The molecule has 0 fully saturated rings. The van der Waals surface area contributed by atoms with Crippen molar-refractivity contribution in [3.05, 3.63) is 78.1 Å². The van der Waals surface area contributed by atoms with Crippen LogP contribution in [-0.2, 0) is 0 Å². The monoisotopic (exact) mass is 279 g/mol. The van der Waals surface area contributed by atoms with E-state index in [1.807, 2.05) is 36.4 Å². The summed E-state index contributed by atoms with van der Waals surface area (Å²) < 4.78 is 0. The fraction of sp³-hybridized carbons (Fsp3) is 0.316. The second kappa shape index (κ2) is 6.68. The Balaban J connectivity index is 1.94. The molecule has 0 saturated heterocycles. The fourth-order valence-corrected chi connectivity index (χ4v) is 3.16. The van der Waals surface area contributed by atoms with E-state index in [0.29, 0.717) is 5.92 Å². The first-order valence-electron chi connectivity index (χ1n) is 7.65. The highest BCUT2D eigenvalue weighted by atomic mass is 16.3. The smallest absolute Gasteiger partial charge is 0.0695 e. The number of hydrogen-bond acceptors (Lipinski definition) is 2. The van der Waals surface area contributed by atoms with Crippen molar-refractivity contribution in [2.75, 3.05) is 0 Å². The molecule has 21 heavy (non-hydrogen) atoms. The molecular formula is C19H21NO. The predicted molar refractivity (Wildman–Crippen MR) is 85.0 cm³/mol. The number of aliphatic hydroxyl groups excluding tert-OH is 1. The van der Waals surface area contributed by atoms with Crippen LogP contribution in [0, 0.1) is 5.92 Å². The summed E-state index contributed by atoms with van der Waals surface area (Å²) in [5.41, 5.74) is 2.09. The van der Waals surface area contributed by atoms with Crippen LogP contribution in [-0.4, -0.2) is 16.2 Å². The predicted octanol–water partition coefficient (Wildman–Crippen LogP) is 3.93. The summed E-state index contributed by atoms with van der Waals surface area (Å²) >= 11 is 0. The molecule has 3 atom stereocenters. The average molecular weight is 279 g/mol. The normalized spacial score (nSPS) is 20.9. The van der Waals surface area contributed by atoms with Gasteiger partial charge in [-0.15, -0.1) is 0 Å². The van der Waals surface area contributed by atoms with Gasteiger partial charge in [-0.1, -0.05) is 48.6 Å². The van der Waals surface area contributed by atoms with Crippen molar-refractivity contribution in [3.63, 3.8) is 0 Å². The van der Waals surface area contributed by atoms with Gasteiger partial charge in [0.05, 0.1) is 17.7 Å². The lowest BCUT2D eigenvalue weighted by atomic mass is 9.78. The van der Waals surface area contributed by atoms with Crippen LogP contribution in [0.2, 0.25) is 0 Å². The van der Waals surface area contributed by atoms with Gasteiger partial charge in [0.1, 0.15) is 0 Å². The van der Waals surface area contributed by atoms with Gasteiger partial charge < -0.3 is 5.11 Å². The second-order valence-electron chi connectivity index (χ2n) is 5.68. The Hall–Kier alpha value is -1.93. The van der Waals surface area contributed by atoms with Crippen LogP contribution in [0.15, 0.2) is 66.9 Å². The molecule has 2 aromatic rings. The minimum atomic E-state index is -0.396. The molecule has 0 amide bonds. The lowest BCUT2D eigenvalue weighted by molar-refractivity contribution is 0.0853. The number of pyridine rings is 1. The standard InChI is InChI=1S/C19H21NO/c21-19(16-11-5-2-6-12-16)18(15-9-3-1-4-10-15)17-13-7-8-14-20-17/h1-5,7-10,13-14,16,18-19,21H,6,11-12H2/t16-,18-,19+/m0/s1. The van der Waals surface area contributed by atoms with Gasteiger partial charge in [-0.2, -0.15) is 0 Å². The van der Waals surface area contributed by atoms with E-state index in [4.69, 9.17) is 0 Å². The van der Waals surface area contributed by atoms with Crippen molar-refractivity contribution in [2.24, 2.45) is 5.92 Å². The molecule has 1 aromatic heterocycles. The topological polar surface area (TPSA) is 33.1 Å². The Morgan fingerprint density at radius 1 is 1.00 bits per heavy atom. The molecule has 1 aliphatic rings. The van der Waals surface area contributed by atoms with Crippen LogP contribution >= 0.6 is 0 Å². The Labute approximate surface area is 126 Å². The van der Waals surface area contributed by atoms with Crippen molar-refractivity contribution in [1.82, 2.24) is 4.98 Å². The van der Waals surface area contributed by atoms with Gasteiger partial charge >= 0.3 is 0 Å². The second-order valence-corrected chi connectivity index (χ2v) is 5.68. The molecule has 0 saturated carbocycles. The lowest BCUT2D eigenvalue weighted by Gasteiger charge is -2.30. The number of hydrogen-bond donors (Lipinski definition) is 1. The molecule has 0 unspecified atom stereocenters. The Morgan fingerprint density at radius 3 is 2.48 bits per heavy atom. The maximum atomic E-state index is 11.0. The largest absolute Gasteiger partial charge is 0.392 e. The summed E-state index contributed by atoms with van der Waals surface area (Å²) in [5.74, 6) is 0.256. The highest BCUT2D eigenvalue weighted by molar-refractivity contribution is 5.30. The summed E-state index contributed by atoms with van der Waals surface area (Å²) in [6.45, 7) is 0. The molecule has 1 aromatic carbocycles. The number of aromatic nitrogens is 1. The zero-order valence-electron chi connectivity index (χ0n) is 12.1. The van der Waals surface area contributed by atoms with E-state index in [9.17, 15) is 5.11 Å². The van der Waals surface area contributed by atoms with E-state index in [0.717, 1.165) is 30.5 Å². The molecule has 1 N–H and O–H groups in total. The highest BCUT2D eigenvalue weighted by Gasteiger charge is 2.30. The maximum Gasteiger partial charge on any atom is 0.0695 e. The van der Waals surface area contributed by atoms with Gasteiger partial charge in [-0.05, 0) is 42.9 Å². The molecule has 2 nitrogen and oxygen atoms in total. The molecule has 1 aliphatic carbocycles. The SMILES string of the molecule is O[C@H]([C@H]1CC=CCC1)[C@@H](c1ccccc1)c1ccccn1. The minimum absolute atomic E-state index is 0.0519. The van der Waals surface area contributed by atoms with Crippen molar-refractivity contribution in [2.45, 2.75) is 31.3 Å². The zero-order valence-corrected chi connectivity index (χ0v) is 12.1. The van der Waals surface area contributed by atoms with Crippen LogP contribution in [0.1, 0.15) is 36.4 Å². The van der Waals surface area contributed by atoms with Crippen LogP contribution in [0.3, 0.4) is 0 Å². The number of rotatable bonds is 4. The molecule has 3 rings (SSSR count). The third-order valence-corrected chi connectivity index (χ3v) is 4.30. The Kier molecular flexibility index (Phi) is 4.46. The minimum Gasteiger partial charge on any atom is -0.392 e. The molecule has 0 spiro atoms. The van der Waals surface area contributed by atoms with Gasteiger partial charge in [0, 0.05) is 6.20 Å². The summed E-state index contributed by atoms with van der Waals surface area (Å²) in [7, 11) is 0. The Bertz CT molecular complexity index is 540. The van der Waals surface area contributed by atoms with E-state index >= 15 is 0 Å². The first kappa shape index (κ1) is 14.0. The van der Waals surface area contributed by atoms with Gasteiger partial charge in [0.2, 0.25) is 0 Å². The third-order valence-electron chi connectivity index (χ3n) is 4.30. The molecule has 2 heteroatoms. The van der Waals surface area contributed by atoms with Crippen LogP contribution in [0.5, 0.6) is 0 Å². The first-order valence-corrected chi connectivity index (χ1v) is 7.65. The lowest BCUT2D eigenvalue weighted by Crippen LogP contribution is -2.29. The summed E-state index contributed by atoms with van der Waals surface area (Å²) in [6, 6.07) is 16.2. The molecule has 0 radical (unpaired) electrons. The summed E-state index contributed by atoms with van der Waals surface area (Å²) in [4.78, 5) is 4.49. The summed E-state index contributed by atoms with van der Waals surface area (Å²) in [5, 5.41) is 11.0.